The molecular formula is C28H40F3N5O3S. The minimum atomic E-state index is -4.52. The van der Waals surface area contributed by atoms with Gasteiger partial charge in [0.05, 0.1) is 22.1 Å². The van der Waals surface area contributed by atoms with Crippen molar-refractivity contribution in [3.8, 4) is 0 Å². The number of carbonyl (C=O) groups is 1. The van der Waals surface area contributed by atoms with Gasteiger partial charge in [-0.25, -0.2) is 18.4 Å². The van der Waals surface area contributed by atoms with Crippen molar-refractivity contribution in [2.24, 2.45) is 5.92 Å². The van der Waals surface area contributed by atoms with Crippen LogP contribution in [-0.4, -0.2) is 82.4 Å². The Kier molecular flexibility index (Phi) is 8.99. The molecule has 2 heterocycles. The van der Waals surface area contributed by atoms with Crippen LogP contribution in [0.1, 0.15) is 65.9 Å². The lowest BCUT2D eigenvalue weighted by Crippen LogP contribution is -2.53. The fourth-order valence-corrected chi connectivity index (χ4v) is 7.67. The molecule has 4 atom stereocenters. The van der Waals surface area contributed by atoms with Crippen molar-refractivity contribution in [1.82, 2.24) is 19.8 Å². The van der Waals surface area contributed by atoms with Crippen LogP contribution in [0.5, 0.6) is 0 Å². The number of hydrogen-bond donors (Lipinski definition) is 1. The molecule has 0 spiro atoms. The van der Waals surface area contributed by atoms with E-state index in [9.17, 15) is 26.4 Å². The molecule has 1 saturated carbocycles. The summed E-state index contributed by atoms with van der Waals surface area (Å²) in [5, 5.41) is 2.77. The number of sulfone groups is 1. The van der Waals surface area contributed by atoms with Crippen molar-refractivity contribution >= 4 is 32.5 Å². The van der Waals surface area contributed by atoms with E-state index in [1.807, 2.05) is 0 Å². The highest BCUT2D eigenvalue weighted by Gasteiger charge is 2.44. The van der Waals surface area contributed by atoms with E-state index in [2.05, 4.69) is 41.0 Å². The Morgan fingerprint density at radius 2 is 1.85 bits per heavy atom. The van der Waals surface area contributed by atoms with Gasteiger partial charge in [-0.1, -0.05) is 6.92 Å². The molecule has 1 aromatic carbocycles. The van der Waals surface area contributed by atoms with E-state index < -0.39 is 32.9 Å². The Morgan fingerprint density at radius 1 is 1.12 bits per heavy atom. The zero-order chi connectivity index (χ0) is 29.4. The van der Waals surface area contributed by atoms with Crippen LogP contribution in [0.3, 0.4) is 0 Å². The second-order valence-corrected chi connectivity index (χ2v) is 14.2. The number of nitrogens with zero attached hydrogens (tertiary/aromatic N) is 4. The third-order valence-electron chi connectivity index (χ3n) is 8.49. The third-order valence-corrected chi connectivity index (χ3v) is 10.8. The number of nitrogens with one attached hydrogen (secondary N) is 1. The smallest absolute Gasteiger partial charge is 0.358 e. The van der Waals surface area contributed by atoms with Crippen LogP contribution in [0.2, 0.25) is 0 Å². The van der Waals surface area contributed by atoms with E-state index in [4.69, 9.17) is 0 Å². The maximum absolute atomic E-state index is 13.7. The molecule has 222 valence electrons. The van der Waals surface area contributed by atoms with Gasteiger partial charge in [-0.15, -0.1) is 0 Å². The Bertz CT molecular complexity index is 1320. The van der Waals surface area contributed by atoms with Crippen LogP contribution in [0.25, 0.3) is 10.9 Å². The fourth-order valence-electron chi connectivity index (χ4n) is 6.33. The van der Waals surface area contributed by atoms with Gasteiger partial charge in [-0.2, -0.15) is 13.2 Å². The molecule has 1 amide bonds. The number of fused-ring (bicyclic) bond motifs is 1. The van der Waals surface area contributed by atoms with Crippen molar-refractivity contribution in [2.45, 2.75) is 95.9 Å². The van der Waals surface area contributed by atoms with Gasteiger partial charge in [0.15, 0.2) is 9.84 Å². The molecule has 1 unspecified atom stereocenters. The molecule has 2 aliphatic rings. The second kappa shape index (κ2) is 11.8. The van der Waals surface area contributed by atoms with Crippen LogP contribution in [-0.2, 0) is 20.8 Å². The monoisotopic (exact) mass is 583 g/mol. The summed E-state index contributed by atoms with van der Waals surface area (Å²) in [4.78, 5) is 26.1. The normalized spacial score (nSPS) is 24.6. The lowest BCUT2D eigenvalue weighted by Gasteiger charge is -2.45. The van der Waals surface area contributed by atoms with Gasteiger partial charge < -0.3 is 10.2 Å². The highest BCUT2D eigenvalue weighted by Crippen LogP contribution is 2.37. The number of alkyl halides is 3. The number of likely N-dealkylation sites (tertiary alicyclic amines) is 1. The first-order chi connectivity index (χ1) is 18.7. The lowest BCUT2D eigenvalue weighted by molar-refractivity contribution is -0.137. The summed E-state index contributed by atoms with van der Waals surface area (Å²) < 4.78 is 66.1. The maximum Gasteiger partial charge on any atom is 0.416 e. The highest BCUT2D eigenvalue weighted by molar-refractivity contribution is 7.91. The largest absolute Gasteiger partial charge is 0.416 e. The molecule has 1 saturated heterocycles. The second-order valence-electron chi connectivity index (χ2n) is 11.6. The summed E-state index contributed by atoms with van der Waals surface area (Å²) in [5.41, 5.74) is -0.471. The lowest BCUT2D eigenvalue weighted by atomic mass is 9.80. The third kappa shape index (κ3) is 6.37. The van der Waals surface area contributed by atoms with Crippen LogP contribution in [0, 0.1) is 5.92 Å². The van der Waals surface area contributed by atoms with E-state index in [0.29, 0.717) is 37.4 Å². The van der Waals surface area contributed by atoms with Crippen LogP contribution >= 0.6 is 0 Å². The van der Waals surface area contributed by atoms with Crippen molar-refractivity contribution in [1.29, 1.82) is 0 Å². The van der Waals surface area contributed by atoms with Gasteiger partial charge >= 0.3 is 6.18 Å². The molecule has 2 fully saturated rings. The van der Waals surface area contributed by atoms with Crippen LogP contribution < -0.4 is 5.32 Å². The predicted molar refractivity (Wildman–Crippen MR) is 150 cm³/mol. The first-order valence-electron chi connectivity index (χ1n) is 14.1. The van der Waals surface area contributed by atoms with Crippen molar-refractivity contribution < 1.29 is 26.4 Å². The summed E-state index contributed by atoms with van der Waals surface area (Å²) >= 11 is 0. The summed E-state index contributed by atoms with van der Waals surface area (Å²) in [6, 6.07) is 2.96. The molecule has 1 N–H and O–H groups in total. The number of rotatable bonds is 9. The maximum atomic E-state index is 13.7. The Morgan fingerprint density at radius 3 is 2.48 bits per heavy atom. The van der Waals surface area contributed by atoms with Crippen LogP contribution in [0.4, 0.5) is 19.0 Å². The molecule has 40 heavy (non-hydrogen) atoms. The molecule has 0 bridgehead atoms. The first-order valence-corrected chi connectivity index (χ1v) is 15.8. The zero-order valence-corrected chi connectivity index (χ0v) is 24.6. The van der Waals surface area contributed by atoms with Crippen molar-refractivity contribution in [3.05, 3.63) is 30.1 Å². The standard InChI is InChI=1S/C28H40F3N5O3S/c1-6-35(17(2)3)21-8-10-25(19(13-21)15-40(38,39)18(4)5)36-12-11-24(27(36)37)34-26-22-14-20(28(29,30)31)7-9-23(22)32-16-33-26/h7,9,14,16-19,21,24-25H,6,8,10-13,15H2,1-5H3,(H,32,33,34)/t19-,21-,24+,25?/m1/s1. The molecule has 1 aromatic heterocycles. The van der Waals surface area contributed by atoms with Crippen molar-refractivity contribution in [2.75, 3.05) is 24.2 Å². The number of hydrogen-bond acceptors (Lipinski definition) is 7. The molecule has 4 rings (SSSR count). The summed E-state index contributed by atoms with van der Waals surface area (Å²) in [5.74, 6) is -0.171. The predicted octanol–water partition coefficient (Wildman–Crippen LogP) is 4.75. The molecule has 1 aliphatic carbocycles. The quantitative estimate of drug-likeness (QED) is 0.455. The molecular weight excluding hydrogens is 543 g/mol. The number of carbonyl (C=O) groups excluding carboxylic acids is 1. The molecule has 1 aliphatic heterocycles. The minimum absolute atomic E-state index is 0.0279. The van der Waals surface area contributed by atoms with Gasteiger partial charge in [0.1, 0.15) is 18.2 Å². The molecule has 8 nitrogen and oxygen atoms in total. The van der Waals surface area contributed by atoms with Gasteiger partial charge in [0.2, 0.25) is 5.91 Å². The number of anilines is 1. The fraction of sp³-hybridized carbons (Fsp3) is 0.679. The average Bonchev–Trinajstić information content (AvgIpc) is 3.23. The number of aromatic nitrogens is 2. The Balaban J connectivity index is 1.57. The highest BCUT2D eigenvalue weighted by atomic mass is 32.2. The van der Waals surface area contributed by atoms with E-state index in [1.54, 1.807) is 18.7 Å². The first kappa shape index (κ1) is 30.5. The number of amides is 1. The van der Waals surface area contributed by atoms with Gasteiger partial charge in [-0.3, -0.25) is 9.69 Å². The molecule has 2 aromatic rings. The minimum Gasteiger partial charge on any atom is -0.358 e. The van der Waals surface area contributed by atoms with E-state index in [-0.39, 0.29) is 40.9 Å². The SMILES string of the molecule is CCN(C(C)C)[C@@H]1CCC(N2CC[C@H](Nc3ncnc4ccc(C(F)(F)F)cc34)C2=O)[C@@H](CS(=O)(=O)C(C)C)C1. The van der Waals surface area contributed by atoms with Gasteiger partial charge in [0.25, 0.3) is 0 Å². The van der Waals surface area contributed by atoms with Crippen LogP contribution in [0.15, 0.2) is 24.5 Å². The van der Waals surface area contributed by atoms with E-state index in [1.165, 1.54) is 12.4 Å². The van der Waals surface area contributed by atoms with E-state index in [0.717, 1.165) is 25.1 Å². The van der Waals surface area contributed by atoms with E-state index >= 15 is 0 Å². The summed E-state index contributed by atoms with van der Waals surface area (Å²) in [6.07, 6.45) is -0.545. The zero-order valence-electron chi connectivity index (χ0n) is 23.8. The summed E-state index contributed by atoms with van der Waals surface area (Å²) in [7, 11) is -3.34. The molecule has 12 heteroatoms. The summed E-state index contributed by atoms with van der Waals surface area (Å²) in [6.45, 7) is 11.1. The van der Waals surface area contributed by atoms with Gasteiger partial charge in [-0.05, 0) is 84.0 Å². The molecule has 0 radical (unpaired) electrons. The van der Waals surface area contributed by atoms with Crippen molar-refractivity contribution in [3.63, 3.8) is 0 Å². The Hall–Kier alpha value is -2.47. The topological polar surface area (TPSA) is 95.5 Å². The number of benzene rings is 1. The van der Waals surface area contributed by atoms with Gasteiger partial charge in [0, 0.05) is 30.1 Å². The average molecular weight is 584 g/mol. The number of halogens is 3. The Labute approximate surface area is 234 Å².